The molecule has 2 heterocycles. The van der Waals surface area contributed by atoms with Gasteiger partial charge in [-0.05, 0) is 42.9 Å². The largest absolute Gasteiger partial charge is 0.354 e. The first-order valence-electron chi connectivity index (χ1n) is 11.7. The number of rotatable bonds is 7. The number of nitrogens with one attached hydrogen (secondary N) is 1. The molecule has 3 rings (SSSR count). The van der Waals surface area contributed by atoms with Crippen molar-refractivity contribution in [1.82, 2.24) is 20.0 Å². The van der Waals surface area contributed by atoms with Crippen LogP contribution in [0.5, 0.6) is 0 Å². The van der Waals surface area contributed by atoms with Gasteiger partial charge in [0.1, 0.15) is 11.2 Å². The molecule has 1 unspecified atom stereocenters. The molecule has 2 aromatic rings. The van der Waals surface area contributed by atoms with Crippen molar-refractivity contribution in [3.63, 3.8) is 0 Å². The van der Waals surface area contributed by atoms with Crippen molar-refractivity contribution in [1.29, 1.82) is 0 Å². The lowest BCUT2D eigenvalue weighted by Gasteiger charge is -2.43. The highest BCUT2D eigenvalue weighted by Gasteiger charge is 2.48. The van der Waals surface area contributed by atoms with E-state index in [0.717, 1.165) is 24.1 Å². The van der Waals surface area contributed by atoms with Crippen molar-refractivity contribution in [3.8, 4) is 0 Å². The van der Waals surface area contributed by atoms with Crippen molar-refractivity contribution in [2.24, 2.45) is 5.92 Å². The number of nitrogens with zero attached hydrogens (tertiary/aromatic N) is 3. The topological polar surface area (TPSA) is 67.2 Å². The van der Waals surface area contributed by atoms with Crippen LogP contribution in [0.3, 0.4) is 0 Å². The Hall–Kier alpha value is -2.63. The van der Waals surface area contributed by atoms with Crippen molar-refractivity contribution >= 4 is 11.8 Å². The summed E-state index contributed by atoms with van der Waals surface area (Å²) in [5, 5.41) is 7.78. The Labute approximate surface area is 192 Å². The van der Waals surface area contributed by atoms with Crippen LogP contribution in [0.25, 0.3) is 0 Å². The van der Waals surface area contributed by atoms with Gasteiger partial charge >= 0.3 is 0 Å². The van der Waals surface area contributed by atoms with Crippen molar-refractivity contribution in [2.75, 3.05) is 6.54 Å². The van der Waals surface area contributed by atoms with Gasteiger partial charge in [0.05, 0.1) is 12.2 Å². The summed E-state index contributed by atoms with van der Waals surface area (Å²) in [4.78, 5) is 28.8. The molecule has 1 atom stereocenters. The van der Waals surface area contributed by atoms with Gasteiger partial charge in [-0.3, -0.25) is 14.3 Å². The van der Waals surface area contributed by atoms with E-state index in [1.165, 1.54) is 5.56 Å². The number of carbonyl (C=O) groups is 2. The number of aryl methyl sites for hydroxylation is 1. The minimum atomic E-state index is -1.02. The van der Waals surface area contributed by atoms with Crippen LogP contribution in [0.15, 0.2) is 30.3 Å². The average molecular weight is 439 g/mol. The van der Waals surface area contributed by atoms with E-state index in [4.69, 9.17) is 5.10 Å². The Kier molecular flexibility index (Phi) is 6.82. The summed E-state index contributed by atoms with van der Waals surface area (Å²) in [6.45, 7) is 15.8. The summed E-state index contributed by atoms with van der Waals surface area (Å²) in [6.07, 6.45) is 1.86. The third-order valence-electron chi connectivity index (χ3n) is 6.33. The summed E-state index contributed by atoms with van der Waals surface area (Å²) in [7, 11) is 0. The van der Waals surface area contributed by atoms with Crippen LogP contribution in [-0.4, -0.2) is 38.6 Å². The zero-order valence-corrected chi connectivity index (χ0v) is 20.7. The SMILES string of the molecule is CCc1ccc(CN2C(=O)c3cc(C(C)(C)C)nn3CC2(C)C(=O)NCCC(C)C)cc1. The van der Waals surface area contributed by atoms with E-state index in [2.05, 4.69) is 71.1 Å². The molecular weight excluding hydrogens is 400 g/mol. The number of benzene rings is 1. The Balaban J connectivity index is 1.97. The van der Waals surface area contributed by atoms with Gasteiger partial charge < -0.3 is 10.2 Å². The maximum atomic E-state index is 13.7. The second-order valence-corrected chi connectivity index (χ2v) is 10.6. The molecule has 0 fully saturated rings. The molecule has 6 heteroatoms. The lowest BCUT2D eigenvalue weighted by molar-refractivity contribution is -0.133. The molecule has 1 aromatic heterocycles. The van der Waals surface area contributed by atoms with Gasteiger partial charge in [0.25, 0.3) is 5.91 Å². The molecule has 0 saturated heterocycles. The van der Waals surface area contributed by atoms with Crippen LogP contribution in [0.1, 0.15) is 82.2 Å². The van der Waals surface area contributed by atoms with Crippen LogP contribution in [-0.2, 0) is 29.7 Å². The zero-order valence-electron chi connectivity index (χ0n) is 20.7. The monoisotopic (exact) mass is 438 g/mol. The first-order chi connectivity index (χ1) is 15.0. The van der Waals surface area contributed by atoms with Gasteiger partial charge in [0, 0.05) is 18.5 Å². The van der Waals surface area contributed by atoms with Crippen LogP contribution in [0, 0.1) is 5.92 Å². The normalized spacial score (nSPS) is 18.8. The molecule has 0 aliphatic carbocycles. The predicted molar refractivity (Wildman–Crippen MR) is 127 cm³/mol. The van der Waals surface area contributed by atoms with Gasteiger partial charge in [-0.1, -0.05) is 65.8 Å². The number of hydrogen-bond donors (Lipinski definition) is 1. The van der Waals surface area contributed by atoms with Crippen LogP contribution in [0.2, 0.25) is 0 Å². The highest BCUT2D eigenvalue weighted by Crippen LogP contribution is 2.32. The molecule has 6 nitrogen and oxygen atoms in total. The average Bonchev–Trinajstić information content (AvgIpc) is 3.15. The number of amides is 2. The summed E-state index contributed by atoms with van der Waals surface area (Å²) < 4.78 is 1.72. The van der Waals surface area contributed by atoms with Crippen LogP contribution >= 0.6 is 0 Å². The third kappa shape index (κ3) is 4.89. The van der Waals surface area contributed by atoms with Crippen LogP contribution in [0.4, 0.5) is 0 Å². The lowest BCUT2D eigenvalue weighted by atomic mass is 9.91. The van der Waals surface area contributed by atoms with Crippen LogP contribution < -0.4 is 5.32 Å². The van der Waals surface area contributed by atoms with E-state index < -0.39 is 5.54 Å². The predicted octanol–water partition coefficient (Wildman–Crippen LogP) is 4.32. The molecule has 1 aliphatic heterocycles. The Morgan fingerprint density at radius 3 is 2.38 bits per heavy atom. The van der Waals surface area contributed by atoms with E-state index in [1.807, 2.05) is 13.0 Å². The summed E-state index contributed by atoms with van der Waals surface area (Å²) in [5.74, 6) is 0.215. The minimum absolute atomic E-state index is 0.130. The molecule has 0 saturated carbocycles. The van der Waals surface area contributed by atoms with E-state index in [9.17, 15) is 9.59 Å². The molecule has 174 valence electrons. The first-order valence-corrected chi connectivity index (χ1v) is 11.7. The Bertz CT molecular complexity index is 969. The van der Waals surface area contributed by atoms with Gasteiger partial charge in [0.2, 0.25) is 5.91 Å². The lowest BCUT2D eigenvalue weighted by Crippen LogP contribution is -2.63. The number of hydrogen-bond acceptors (Lipinski definition) is 3. The summed E-state index contributed by atoms with van der Waals surface area (Å²) in [5.41, 5.74) is 2.47. The van der Waals surface area contributed by atoms with Crippen molar-refractivity contribution in [2.45, 2.75) is 85.4 Å². The van der Waals surface area contributed by atoms with Crippen molar-refractivity contribution < 1.29 is 9.59 Å². The van der Waals surface area contributed by atoms with Gasteiger partial charge in [0.15, 0.2) is 0 Å². The minimum Gasteiger partial charge on any atom is -0.354 e. The van der Waals surface area contributed by atoms with Gasteiger partial charge in [-0.15, -0.1) is 0 Å². The molecule has 0 spiro atoms. The molecule has 1 N–H and O–H groups in total. The standard InChI is InChI=1S/C26H38N4O2/c1-8-19-9-11-20(12-10-19)16-29-23(31)21-15-22(25(4,5)6)28-30(21)17-26(29,7)24(32)27-14-13-18(2)3/h9-12,15,18H,8,13-14,16-17H2,1-7H3,(H,27,32). The fourth-order valence-electron chi connectivity index (χ4n) is 3.98. The van der Waals surface area contributed by atoms with Crippen molar-refractivity contribution in [3.05, 3.63) is 52.8 Å². The maximum absolute atomic E-state index is 13.7. The highest BCUT2D eigenvalue weighted by molar-refractivity contribution is 5.99. The second kappa shape index (κ2) is 9.08. The number of aromatic nitrogens is 2. The highest BCUT2D eigenvalue weighted by atomic mass is 16.2. The number of fused-ring (bicyclic) bond motifs is 1. The van der Waals surface area contributed by atoms with E-state index >= 15 is 0 Å². The Morgan fingerprint density at radius 1 is 1.19 bits per heavy atom. The second-order valence-electron chi connectivity index (χ2n) is 10.6. The maximum Gasteiger partial charge on any atom is 0.273 e. The molecular formula is C26H38N4O2. The molecule has 0 radical (unpaired) electrons. The summed E-state index contributed by atoms with van der Waals surface area (Å²) >= 11 is 0. The van der Waals surface area contributed by atoms with E-state index in [0.29, 0.717) is 31.2 Å². The van der Waals surface area contributed by atoms with E-state index in [-0.39, 0.29) is 17.2 Å². The first kappa shape index (κ1) is 24.0. The zero-order chi connectivity index (χ0) is 23.7. The smallest absolute Gasteiger partial charge is 0.273 e. The molecule has 0 bridgehead atoms. The third-order valence-corrected chi connectivity index (χ3v) is 6.33. The van der Waals surface area contributed by atoms with Gasteiger partial charge in [-0.2, -0.15) is 5.10 Å². The molecule has 1 aliphatic rings. The van der Waals surface area contributed by atoms with Gasteiger partial charge in [-0.25, -0.2) is 0 Å². The summed E-state index contributed by atoms with van der Waals surface area (Å²) in [6, 6.07) is 10.2. The molecule has 1 aromatic carbocycles. The molecule has 32 heavy (non-hydrogen) atoms. The Morgan fingerprint density at radius 2 is 1.81 bits per heavy atom. The fourth-order valence-corrected chi connectivity index (χ4v) is 3.98. The number of carbonyl (C=O) groups excluding carboxylic acids is 2. The quantitative estimate of drug-likeness (QED) is 0.700. The molecule has 2 amide bonds. The fraction of sp³-hybridized carbons (Fsp3) is 0.577. The van der Waals surface area contributed by atoms with E-state index in [1.54, 1.807) is 9.58 Å².